The molecule has 0 atom stereocenters. The molecule has 0 aliphatic carbocycles. The lowest BCUT2D eigenvalue weighted by molar-refractivity contribution is 0.0757. The monoisotopic (exact) mass is 523 g/mol. The summed E-state index contributed by atoms with van der Waals surface area (Å²) in [5, 5.41) is 0.798. The summed E-state index contributed by atoms with van der Waals surface area (Å²) in [5.74, 6) is -0.144. The van der Waals surface area contributed by atoms with Gasteiger partial charge >= 0.3 is 0 Å². The fourth-order valence-electron chi connectivity index (χ4n) is 5.42. The first-order chi connectivity index (χ1) is 17.9. The van der Waals surface area contributed by atoms with Crippen molar-refractivity contribution in [3.63, 3.8) is 0 Å². The minimum absolute atomic E-state index is 0.0846. The molecule has 6 nitrogen and oxygen atoms in total. The second kappa shape index (κ2) is 11.2. The van der Waals surface area contributed by atoms with Crippen molar-refractivity contribution in [2.24, 2.45) is 7.05 Å². The molecule has 2 aliphatic heterocycles. The largest absolute Gasteiger partial charge is 0.370 e. The summed E-state index contributed by atoms with van der Waals surface area (Å²) in [6.07, 6.45) is 0.884. The van der Waals surface area contributed by atoms with Crippen LogP contribution in [0.5, 0.6) is 0 Å². The third-order valence-electron chi connectivity index (χ3n) is 7.79. The Morgan fingerprint density at radius 2 is 1.59 bits per heavy atom. The van der Waals surface area contributed by atoms with Gasteiger partial charge in [-0.1, -0.05) is 23.7 Å². The minimum Gasteiger partial charge on any atom is -0.370 e. The van der Waals surface area contributed by atoms with Crippen LogP contribution >= 0.6 is 11.6 Å². The van der Waals surface area contributed by atoms with Gasteiger partial charge in [-0.2, -0.15) is 0 Å². The molecule has 0 N–H and O–H groups in total. The van der Waals surface area contributed by atoms with Gasteiger partial charge in [0, 0.05) is 77.3 Å². The molecule has 0 unspecified atom stereocenters. The van der Waals surface area contributed by atoms with Crippen LogP contribution in [0.4, 0.5) is 15.8 Å². The first kappa shape index (κ1) is 25.6. The lowest BCUT2D eigenvalue weighted by Gasteiger charge is -2.36. The van der Waals surface area contributed by atoms with Crippen LogP contribution in [0.3, 0.4) is 0 Å². The van der Waals surface area contributed by atoms with E-state index in [1.165, 1.54) is 17.7 Å². The SMILES string of the molecule is Cc1c(CN2CCN(c3ccccc3Cl)CC2)cc(C(=O)N2CCCN(c3ccc(F)cc3)CC2)n1C. The van der Waals surface area contributed by atoms with Crippen LogP contribution in [0.2, 0.25) is 5.02 Å². The zero-order valence-corrected chi connectivity index (χ0v) is 22.4. The van der Waals surface area contributed by atoms with E-state index in [4.69, 9.17) is 11.6 Å². The van der Waals surface area contributed by atoms with E-state index in [-0.39, 0.29) is 11.7 Å². The van der Waals surface area contributed by atoms with Crippen molar-refractivity contribution in [1.82, 2.24) is 14.4 Å². The molecule has 1 aromatic heterocycles. The fourth-order valence-corrected chi connectivity index (χ4v) is 5.67. The molecular formula is C29H35ClFN5O. The lowest BCUT2D eigenvalue weighted by atomic mass is 10.2. The summed E-state index contributed by atoms with van der Waals surface area (Å²) < 4.78 is 15.4. The number of rotatable bonds is 5. The average molecular weight is 524 g/mol. The minimum atomic E-state index is -0.229. The van der Waals surface area contributed by atoms with Gasteiger partial charge in [0.1, 0.15) is 11.5 Å². The van der Waals surface area contributed by atoms with E-state index >= 15 is 0 Å². The Morgan fingerprint density at radius 1 is 0.892 bits per heavy atom. The molecule has 2 saturated heterocycles. The third kappa shape index (κ3) is 5.63. The Hall–Kier alpha value is -3.03. The molecule has 5 rings (SSSR count). The zero-order chi connectivity index (χ0) is 25.9. The fraction of sp³-hybridized carbons (Fsp3) is 0.414. The predicted octanol–water partition coefficient (Wildman–Crippen LogP) is 4.80. The van der Waals surface area contributed by atoms with E-state index in [0.717, 1.165) is 86.6 Å². The number of hydrogen-bond acceptors (Lipinski definition) is 4. The van der Waals surface area contributed by atoms with Gasteiger partial charge in [-0.25, -0.2) is 4.39 Å². The highest BCUT2D eigenvalue weighted by Crippen LogP contribution is 2.27. The molecular weight excluding hydrogens is 489 g/mol. The maximum Gasteiger partial charge on any atom is 0.270 e. The van der Waals surface area contributed by atoms with E-state index in [1.54, 1.807) is 0 Å². The van der Waals surface area contributed by atoms with Gasteiger partial charge in [0.25, 0.3) is 5.91 Å². The Labute approximate surface area is 223 Å². The maximum atomic E-state index is 13.6. The van der Waals surface area contributed by atoms with E-state index in [0.29, 0.717) is 6.54 Å². The van der Waals surface area contributed by atoms with Gasteiger partial charge in [0.15, 0.2) is 0 Å². The topological polar surface area (TPSA) is 35.0 Å². The van der Waals surface area contributed by atoms with Crippen molar-refractivity contribution in [3.05, 3.63) is 82.4 Å². The van der Waals surface area contributed by atoms with E-state index < -0.39 is 0 Å². The molecule has 196 valence electrons. The number of aromatic nitrogens is 1. The Bertz CT molecular complexity index is 1240. The van der Waals surface area contributed by atoms with Gasteiger partial charge in [-0.15, -0.1) is 0 Å². The van der Waals surface area contributed by atoms with Crippen LogP contribution in [0, 0.1) is 12.7 Å². The highest BCUT2D eigenvalue weighted by molar-refractivity contribution is 6.33. The van der Waals surface area contributed by atoms with Crippen molar-refractivity contribution in [2.45, 2.75) is 19.9 Å². The molecule has 0 radical (unpaired) electrons. The van der Waals surface area contributed by atoms with Crippen molar-refractivity contribution in [3.8, 4) is 0 Å². The number of piperazine rings is 1. The van der Waals surface area contributed by atoms with Gasteiger partial charge in [-0.05, 0) is 61.4 Å². The van der Waals surface area contributed by atoms with Crippen LogP contribution in [0.25, 0.3) is 0 Å². The Balaban J connectivity index is 1.21. The molecule has 0 spiro atoms. The van der Waals surface area contributed by atoms with E-state index in [2.05, 4.69) is 33.8 Å². The summed E-state index contributed by atoms with van der Waals surface area (Å²) in [6, 6.07) is 16.7. The Kier molecular flexibility index (Phi) is 7.72. The summed E-state index contributed by atoms with van der Waals surface area (Å²) >= 11 is 6.40. The second-order valence-electron chi connectivity index (χ2n) is 10.0. The molecule has 2 aromatic carbocycles. The molecule has 3 aromatic rings. The first-order valence-corrected chi connectivity index (χ1v) is 13.5. The van der Waals surface area contributed by atoms with Gasteiger partial charge in [-0.3, -0.25) is 9.69 Å². The molecule has 2 aliphatic rings. The molecule has 0 bridgehead atoms. The second-order valence-corrected chi connectivity index (χ2v) is 10.4. The number of amides is 1. The van der Waals surface area contributed by atoms with Crippen LogP contribution in [0.1, 0.15) is 28.2 Å². The number of nitrogens with zero attached hydrogens (tertiary/aromatic N) is 5. The molecule has 0 saturated carbocycles. The summed E-state index contributed by atoms with van der Waals surface area (Å²) in [7, 11) is 1.99. The standard InChI is InChI=1S/C29H35ClFN5O/c1-22-23(21-33-14-16-35(17-15-33)27-7-4-3-6-26(27)30)20-28(32(22)2)29(37)36-13-5-12-34(18-19-36)25-10-8-24(31)9-11-25/h3-4,6-11,20H,5,12-19,21H2,1-2H3. The Morgan fingerprint density at radius 3 is 2.32 bits per heavy atom. The number of benzene rings is 2. The highest BCUT2D eigenvalue weighted by Gasteiger charge is 2.25. The van der Waals surface area contributed by atoms with Crippen molar-refractivity contribution < 1.29 is 9.18 Å². The van der Waals surface area contributed by atoms with Crippen LogP contribution < -0.4 is 9.80 Å². The molecule has 1 amide bonds. The highest BCUT2D eigenvalue weighted by atomic mass is 35.5. The van der Waals surface area contributed by atoms with Crippen LogP contribution in [-0.2, 0) is 13.6 Å². The van der Waals surface area contributed by atoms with Crippen molar-refractivity contribution in [2.75, 3.05) is 62.2 Å². The van der Waals surface area contributed by atoms with E-state index in [9.17, 15) is 9.18 Å². The predicted molar refractivity (Wildman–Crippen MR) is 148 cm³/mol. The van der Waals surface area contributed by atoms with Crippen LogP contribution in [0.15, 0.2) is 54.6 Å². The third-order valence-corrected chi connectivity index (χ3v) is 8.11. The number of hydrogen-bond donors (Lipinski definition) is 0. The summed E-state index contributed by atoms with van der Waals surface area (Å²) in [4.78, 5) is 22.6. The molecule has 37 heavy (non-hydrogen) atoms. The summed E-state index contributed by atoms with van der Waals surface area (Å²) in [5.41, 5.74) is 5.20. The van der Waals surface area contributed by atoms with Crippen molar-refractivity contribution >= 4 is 28.9 Å². The van der Waals surface area contributed by atoms with Gasteiger partial charge in [0.05, 0.1) is 10.7 Å². The van der Waals surface area contributed by atoms with Gasteiger partial charge in [0.2, 0.25) is 0 Å². The number of halogens is 2. The van der Waals surface area contributed by atoms with E-state index in [1.807, 2.05) is 46.8 Å². The maximum absolute atomic E-state index is 13.6. The normalized spacial score (nSPS) is 17.2. The molecule has 3 heterocycles. The number of carbonyl (C=O) groups excluding carboxylic acids is 1. The van der Waals surface area contributed by atoms with Crippen LogP contribution in [-0.4, -0.2) is 72.6 Å². The lowest BCUT2D eigenvalue weighted by Crippen LogP contribution is -2.46. The summed E-state index contributed by atoms with van der Waals surface area (Å²) in [6.45, 7) is 9.67. The number of para-hydroxylation sites is 1. The van der Waals surface area contributed by atoms with Gasteiger partial charge < -0.3 is 19.3 Å². The average Bonchev–Trinajstić information content (AvgIpc) is 3.06. The molecule has 8 heteroatoms. The number of anilines is 2. The molecule has 2 fully saturated rings. The smallest absolute Gasteiger partial charge is 0.270 e. The van der Waals surface area contributed by atoms with Crippen molar-refractivity contribution in [1.29, 1.82) is 0 Å². The number of carbonyl (C=O) groups is 1. The first-order valence-electron chi connectivity index (χ1n) is 13.1. The quantitative estimate of drug-likeness (QED) is 0.481. The zero-order valence-electron chi connectivity index (χ0n) is 21.7.